The second-order valence-corrected chi connectivity index (χ2v) is 5.21. The lowest BCUT2D eigenvalue weighted by molar-refractivity contribution is 0.415. The van der Waals surface area contributed by atoms with Crippen molar-refractivity contribution in [3.8, 4) is 16.9 Å². The zero-order valence-corrected chi connectivity index (χ0v) is 11.7. The van der Waals surface area contributed by atoms with E-state index in [9.17, 15) is 0 Å². The molecule has 1 aliphatic carbocycles. The third-order valence-corrected chi connectivity index (χ3v) is 4.04. The minimum Gasteiger partial charge on any atom is -0.497 e. The van der Waals surface area contributed by atoms with Crippen LogP contribution in [0.25, 0.3) is 15.6 Å². The fourth-order valence-corrected chi connectivity index (χ4v) is 2.82. The lowest BCUT2D eigenvalue weighted by atomic mass is 10.0. The van der Waals surface area contributed by atoms with Crippen LogP contribution in [-0.2, 0) is 6.42 Å². The zero-order chi connectivity index (χ0) is 12.5. The molecule has 1 nitrogen and oxygen atoms in total. The average molecular weight is 301 g/mol. The molecule has 0 saturated carbocycles. The highest BCUT2D eigenvalue weighted by atomic mass is 79.9. The summed E-state index contributed by atoms with van der Waals surface area (Å²) in [7, 11) is 1.69. The maximum atomic E-state index is 5.18. The van der Waals surface area contributed by atoms with E-state index in [2.05, 4.69) is 52.3 Å². The molecular formula is C16H13BrO. The van der Waals surface area contributed by atoms with Gasteiger partial charge in [0.2, 0.25) is 0 Å². The van der Waals surface area contributed by atoms with Crippen molar-refractivity contribution in [3.63, 3.8) is 0 Å². The van der Waals surface area contributed by atoms with E-state index in [1.54, 1.807) is 7.11 Å². The largest absolute Gasteiger partial charge is 0.497 e. The van der Waals surface area contributed by atoms with E-state index in [1.807, 2.05) is 12.1 Å². The van der Waals surface area contributed by atoms with E-state index in [0.717, 1.165) is 12.2 Å². The minimum absolute atomic E-state index is 0.893. The Morgan fingerprint density at radius 3 is 2.44 bits per heavy atom. The molecule has 0 aliphatic heterocycles. The highest BCUT2D eigenvalue weighted by molar-refractivity contribution is 9.15. The Morgan fingerprint density at radius 1 is 1.00 bits per heavy atom. The number of rotatable bonds is 2. The summed E-state index contributed by atoms with van der Waals surface area (Å²) < 4.78 is 6.39. The number of hydrogen-bond acceptors (Lipinski definition) is 1. The number of benzene rings is 2. The quantitative estimate of drug-likeness (QED) is 0.784. The van der Waals surface area contributed by atoms with Crippen LogP contribution in [0.15, 0.2) is 48.5 Å². The Hall–Kier alpha value is -1.54. The molecule has 2 heteroatoms. The first-order valence-electron chi connectivity index (χ1n) is 5.91. The van der Waals surface area contributed by atoms with E-state index in [0.29, 0.717) is 0 Å². The number of allylic oxidation sites excluding steroid dienone is 1. The molecule has 1 aliphatic rings. The Morgan fingerprint density at radius 2 is 1.72 bits per heavy atom. The summed E-state index contributed by atoms with van der Waals surface area (Å²) in [5.41, 5.74) is 5.18. The van der Waals surface area contributed by atoms with E-state index in [4.69, 9.17) is 4.74 Å². The summed E-state index contributed by atoms with van der Waals surface area (Å²) in [6.07, 6.45) is 3.22. The van der Waals surface area contributed by atoms with Crippen LogP contribution in [0.3, 0.4) is 0 Å². The second kappa shape index (κ2) is 4.62. The first-order chi connectivity index (χ1) is 8.78. The molecule has 0 N–H and O–H groups in total. The van der Waals surface area contributed by atoms with Crippen molar-refractivity contribution in [1.82, 2.24) is 0 Å². The Kier molecular flexibility index (Phi) is 2.96. The van der Waals surface area contributed by atoms with Crippen molar-refractivity contribution in [2.75, 3.05) is 7.11 Å². The summed E-state index contributed by atoms with van der Waals surface area (Å²) in [6.45, 7) is 0. The molecule has 3 rings (SSSR count). The molecule has 0 aromatic heterocycles. The average Bonchev–Trinajstić information content (AvgIpc) is 2.80. The molecule has 2 aromatic carbocycles. The molecule has 0 radical (unpaired) electrons. The van der Waals surface area contributed by atoms with Gasteiger partial charge in [0, 0.05) is 4.48 Å². The molecule has 0 atom stereocenters. The van der Waals surface area contributed by atoms with Crippen molar-refractivity contribution in [2.24, 2.45) is 0 Å². The molecule has 0 unspecified atom stereocenters. The zero-order valence-electron chi connectivity index (χ0n) is 10.1. The van der Waals surface area contributed by atoms with Gasteiger partial charge in [0.1, 0.15) is 5.75 Å². The summed E-state index contributed by atoms with van der Waals surface area (Å²) >= 11 is 3.58. The van der Waals surface area contributed by atoms with Crippen molar-refractivity contribution in [3.05, 3.63) is 59.7 Å². The third kappa shape index (κ3) is 1.97. The standard InChI is InChI=1S/C16H13BrO/c1-18-14-6-2-11(3-7-14)12-4-8-15-13(10-12)5-9-16(15)17/h2-4,6-10H,5H2,1H3. The lowest BCUT2D eigenvalue weighted by Crippen LogP contribution is -1.86. The van der Waals surface area contributed by atoms with Gasteiger partial charge in [-0.2, -0.15) is 0 Å². The van der Waals surface area contributed by atoms with Gasteiger partial charge in [-0.3, -0.25) is 0 Å². The van der Waals surface area contributed by atoms with Gasteiger partial charge in [-0.05, 0) is 40.8 Å². The Labute approximate surface area is 115 Å². The molecule has 0 spiro atoms. The summed E-state index contributed by atoms with van der Waals surface area (Å²) in [5.74, 6) is 0.893. The Balaban J connectivity index is 1.98. The van der Waals surface area contributed by atoms with Gasteiger partial charge < -0.3 is 4.74 Å². The number of methoxy groups -OCH3 is 1. The Bertz CT molecular complexity index is 611. The van der Waals surface area contributed by atoms with E-state index in [-0.39, 0.29) is 0 Å². The predicted octanol–water partition coefficient (Wildman–Crippen LogP) is 4.65. The smallest absolute Gasteiger partial charge is 0.118 e. The van der Waals surface area contributed by atoms with Crippen molar-refractivity contribution in [1.29, 1.82) is 0 Å². The minimum atomic E-state index is 0.893. The van der Waals surface area contributed by atoms with E-state index in [1.165, 1.54) is 26.7 Å². The third-order valence-electron chi connectivity index (χ3n) is 3.29. The number of hydrogen-bond donors (Lipinski definition) is 0. The lowest BCUT2D eigenvalue weighted by Gasteiger charge is -2.07. The fraction of sp³-hybridized carbons (Fsp3) is 0.125. The van der Waals surface area contributed by atoms with Crippen LogP contribution in [0.2, 0.25) is 0 Å². The maximum Gasteiger partial charge on any atom is 0.118 e. The highest BCUT2D eigenvalue weighted by Crippen LogP contribution is 2.34. The molecule has 0 bridgehead atoms. The molecule has 2 aromatic rings. The predicted molar refractivity (Wildman–Crippen MR) is 79.0 cm³/mol. The van der Waals surface area contributed by atoms with Crippen LogP contribution >= 0.6 is 15.9 Å². The topological polar surface area (TPSA) is 9.23 Å². The van der Waals surface area contributed by atoms with E-state index < -0.39 is 0 Å². The maximum absolute atomic E-state index is 5.18. The first kappa shape index (κ1) is 11.5. The summed E-state index contributed by atoms with van der Waals surface area (Å²) in [4.78, 5) is 0. The van der Waals surface area contributed by atoms with Gasteiger partial charge in [0.05, 0.1) is 7.11 Å². The molecular weight excluding hydrogens is 288 g/mol. The summed E-state index contributed by atoms with van der Waals surface area (Å²) in [6, 6.07) is 14.8. The molecule has 90 valence electrons. The SMILES string of the molecule is COc1ccc(-c2ccc3c(c2)CC=C3Br)cc1. The fourth-order valence-electron chi connectivity index (χ4n) is 2.27. The van der Waals surface area contributed by atoms with E-state index >= 15 is 0 Å². The molecule has 0 heterocycles. The molecule has 18 heavy (non-hydrogen) atoms. The highest BCUT2D eigenvalue weighted by Gasteiger charge is 2.12. The normalized spacial score (nSPS) is 13.1. The monoisotopic (exact) mass is 300 g/mol. The van der Waals surface area contributed by atoms with Gasteiger partial charge in [0.15, 0.2) is 0 Å². The molecule has 0 amide bonds. The van der Waals surface area contributed by atoms with Crippen LogP contribution in [0, 0.1) is 0 Å². The van der Waals surface area contributed by atoms with Gasteiger partial charge in [-0.15, -0.1) is 0 Å². The number of fused-ring (bicyclic) bond motifs is 1. The molecule has 0 saturated heterocycles. The van der Waals surface area contributed by atoms with Crippen LogP contribution in [0.4, 0.5) is 0 Å². The van der Waals surface area contributed by atoms with Gasteiger partial charge in [-0.1, -0.05) is 52.3 Å². The van der Waals surface area contributed by atoms with Crippen LogP contribution in [-0.4, -0.2) is 7.11 Å². The van der Waals surface area contributed by atoms with Crippen molar-refractivity contribution >= 4 is 20.4 Å². The van der Waals surface area contributed by atoms with Gasteiger partial charge in [0.25, 0.3) is 0 Å². The van der Waals surface area contributed by atoms with Crippen molar-refractivity contribution in [2.45, 2.75) is 6.42 Å². The molecule has 0 fully saturated rings. The van der Waals surface area contributed by atoms with Crippen molar-refractivity contribution < 1.29 is 4.74 Å². The van der Waals surface area contributed by atoms with Crippen LogP contribution in [0.1, 0.15) is 11.1 Å². The number of ether oxygens (including phenoxy) is 1. The van der Waals surface area contributed by atoms with Crippen LogP contribution < -0.4 is 4.74 Å². The van der Waals surface area contributed by atoms with Crippen LogP contribution in [0.5, 0.6) is 5.75 Å². The summed E-state index contributed by atoms with van der Waals surface area (Å²) in [5, 5.41) is 0. The van der Waals surface area contributed by atoms with Gasteiger partial charge in [-0.25, -0.2) is 0 Å². The second-order valence-electron chi connectivity index (χ2n) is 4.36. The first-order valence-corrected chi connectivity index (χ1v) is 6.70. The number of halogens is 1. The van der Waals surface area contributed by atoms with Gasteiger partial charge >= 0.3 is 0 Å².